The van der Waals surface area contributed by atoms with Crippen LogP contribution in [0.2, 0.25) is 0 Å². The number of hydrogen-bond donors (Lipinski definition) is 1. The topological polar surface area (TPSA) is 73.2 Å². The van der Waals surface area contributed by atoms with Crippen molar-refractivity contribution in [3.05, 3.63) is 51.9 Å². The summed E-state index contributed by atoms with van der Waals surface area (Å²) in [4.78, 5) is 24.3. The number of aromatic nitrogens is 2. The molecule has 1 heterocycles. The maximum absolute atomic E-state index is 12.2. The standard InChI is InChI=1S/C17H19N3O3/c1-23-15-9-5-4-8-14(15)18-16(21)11-20-17(22)10-12-6-2-3-7-13(12)19-20/h4-5,8-10H,2-3,6-7,11H2,1H3,(H,18,21). The number of ether oxygens (including phenoxy) is 1. The molecule has 0 fully saturated rings. The van der Waals surface area contributed by atoms with Gasteiger partial charge in [0.1, 0.15) is 12.3 Å². The molecule has 6 nitrogen and oxygen atoms in total. The number of fused-ring (bicyclic) bond motifs is 1. The van der Waals surface area contributed by atoms with Gasteiger partial charge in [-0.1, -0.05) is 12.1 Å². The van der Waals surface area contributed by atoms with Gasteiger partial charge < -0.3 is 10.1 Å². The van der Waals surface area contributed by atoms with E-state index in [9.17, 15) is 9.59 Å². The Morgan fingerprint density at radius 2 is 2.09 bits per heavy atom. The van der Waals surface area contributed by atoms with Gasteiger partial charge in [0.05, 0.1) is 18.5 Å². The number of carbonyl (C=O) groups is 1. The van der Waals surface area contributed by atoms with E-state index in [1.165, 1.54) is 4.68 Å². The maximum atomic E-state index is 12.2. The molecular weight excluding hydrogens is 294 g/mol. The highest BCUT2D eigenvalue weighted by molar-refractivity contribution is 5.92. The lowest BCUT2D eigenvalue weighted by atomic mass is 9.97. The van der Waals surface area contributed by atoms with Gasteiger partial charge in [0.15, 0.2) is 0 Å². The van der Waals surface area contributed by atoms with E-state index >= 15 is 0 Å². The molecular formula is C17H19N3O3. The van der Waals surface area contributed by atoms with E-state index in [0.29, 0.717) is 11.4 Å². The van der Waals surface area contributed by atoms with Gasteiger partial charge >= 0.3 is 0 Å². The largest absolute Gasteiger partial charge is 0.495 e. The molecule has 1 aliphatic carbocycles. The zero-order valence-corrected chi connectivity index (χ0v) is 13.0. The number of carbonyl (C=O) groups excluding carboxylic acids is 1. The first-order valence-electron chi connectivity index (χ1n) is 7.70. The van der Waals surface area contributed by atoms with Gasteiger partial charge in [0.25, 0.3) is 5.56 Å². The molecule has 1 aliphatic rings. The van der Waals surface area contributed by atoms with Crippen molar-refractivity contribution >= 4 is 11.6 Å². The Balaban J connectivity index is 1.76. The van der Waals surface area contributed by atoms with Crippen molar-refractivity contribution in [2.24, 2.45) is 0 Å². The molecule has 0 saturated carbocycles. The Bertz CT molecular complexity index is 783. The molecule has 3 rings (SSSR count). The zero-order valence-electron chi connectivity index (χ0n) is 13.0. The van der Waals surface area contributed by atoms with Crippen LogP contribution in [0.4, 0.5) is 5.69 Å². The van der Waals surface area contributed by atoms with E-state index in [2.05, 4.69) is 10.4 Å². The smallest absolute Gasteiger partial charge is 0.267 e. The fourth-order valence-electron chi connectivity index (χ4n) is 2.79. The molecule has 0 bridgehead atoms. The van der Waals surface area contributed by atoms with Gasteiger partial charge in [-0.15, -0.1) is 0 Å². The van der Waals surface area contributed by atoms with Gasteiger partial charge in [0.2, 0.25) is 5.91 Å². The monoisotopic (exact) mass is 313 g/mol. The molecule has 23 heavy (non-hydrogen) atoms. The van der Waals surface area contributed by atoms with E-state index < -0.39 is 0 Å². The van der Waals surface area contributed by atoms with Crippen LogP contribution in [-0.4, -0.2) is 22.8 Å². The van der Waals surface area contributed by atoms with E-state index in [-0.39, 0.29) is 18.0 Å². The fraction of sp³-hybridized carbons (Fsp3) is 0.353. The fourth-order valence-corrected chi connectivity index (χ4v) is 2.79. The van der Waals surface area contributed by atoms with Crippen LogP contribution in [0, 0.1) is 0 Å². The lowest BCUT2D eigenvalue weighted by Gasteiger charge is -2.16. The number of benzene rings is 1. The molecule has 1 aromatic carbocycles. The average molecular weight is 313 g/mol. The van der Waals surface area contributed by atoms with E-state index in [4.69, 9.17) is 4.74 Å². The van der Waals surface area contributed by atoms with Crippen molar-refractivity contribution in [1.29, 1.82) is 0 Å². The summed E-state index contributed by atoms with van der Waals surface area (Å²) < 4.78 is 6.43. The SMILES string of the molecule is COc1ccccc1NC(=O)Cn1nc2c(cc1=O)CCCC2. The number of methoxy groups -OCH3 is 1. The molecule has 0 unspecified atom stereocenters. The Kier molecular flexibility index (Phi) is 4.41. The van der Waals surface area contributed by atoms with Crippen molar-refractivity contribution in [2.75, 3.05) is 12.4 Å². The molecule has 120 valence electrons. The predicted molar refractivity (Wildman–Crippen MR) is 86.8 cm³/mol. The van der Waals surface area contributed by atoms with Crippen molar-refractivity contribution in [2.45, 2.75) is 32.2 Å². The van der Waals surface area contributed by atoms with E-state index in [1.54, 1.807) is 31.4 Å². The number of hydrogen-bond acceptors (Lipinski definition) is 4. The van der Waals surface area contributed by atoms with Crippen molar-refractivity contribution < 1.29 is 9.53 Å². The number of amides is 1. The van der Waals surface area contributed by atoms with Crippen molar-refractivity contribution in [1.82, 2.24) is 9.78 Å². The number of anilines is 1. The minimum Gasteiger partial charge on any atom is -0.495 e. The molecule has 0 aliphatic heterocycles. The number of nitrogens with one attached hydrogen (secondary N) is 1. The Morgan fingerprint density at radius 1 is 1.30 bits per heavy atom. The first-order chi connectivity index (χ1) is 11.2. The van der Waals surface area contributed by atoms with Gasteiger partial charge in [-0.25, -0.2) is 4.68 Å². The number of rotatable bonds is 4. The number of para-hydroxylation sites is 2. The molecule has 0 saturated heterocycles. The summed E-state index contributed by atoms with van der Waals surface area (Å²) >= 11 is 0. The summed E-state index contributed by atoms with van der Waals surface area (Å²) in [5.74, 6) is 0.270. The Hall–Kier alpha value is -2.63. The maximum Gasteiger partial charge on any atom is 0.267 e. The normalized spacial score (nSPS) is 13.3. The van der Waals surface area contributed by atoms with Crippen LogP contribution in [-0.2, 0) is 24.2 Å². The first-order valence-corrected chi connectivity index (χ1v) is 7.70. The minimum atomic E-state index is -0.306. The van der Waals surface area contributed by atoms with Crippen LogP contribution in [0.15, 0.2) is 35.1 Å². The highest BCUT2D eigenvalue weighted by Crippen LogP contribution is 2.23. The lowest BCUT2D eigenvalue weighted by Crippen LogP contribution is -2.31. The minimum absolute atomic E-state index is 0.107. The van der Waals surface area contributed by atoms with Gasteiger partial charge in [-0.05, 0) is 43.4 Å². The van der Waals surface area contributed by atoms with Crippen molar-refractivity contribution in [3.8, 4) is 5.75 Å². The molecule has 6 heteroatoms. The number of nitrogens with zero attached hydrogens (tertiary/aromatic N) is 2. The Labute approximate surface area is 134 Å². The molecule has 0 atom stereocenters. The second-order valence-corrected chi connectivity index (χ2v) is 5.57. The molecule has 1 amide bonds. The summed E-state index contributed by atoms with van der Waals surface area (Å²) in [5, 5.41) is 7.10. The Morgan fingerprint density at radius 3 is 2.91 bits per heavy atom. The van der Waals surface area contributed by atoms with Crippen LogP contribution in [0.1, 0.15) is 24.1 Å². The van der Waals surface area contributed by atoms with E-state index in [1.807, 2.05) is 6.07 Å². The third-order valence-corrected chi connectivity index (χ3v) is 3.95. The van der Waals surface area contributed by atoms with Crippen LogP contribution >= 0.6 is 0 Å². The van der Waals surface area contributed by atoms with Crippen LogP contribution in [0.25, 0.3) is 0 Å². The third-order valence-electron chi connectivity index (χ3n) is 3.95. The summed E-state index contributed by atoms with van der Waals surface area (Å²) in [6.07, 6.45) is 3.92. The number of aryl methyl sites for hydroxylation is 2. The average Bonchev–Trinajstić information content (AvgIpc) is 2.56. The highest BCUT2D eigenvalue weighted by Gasteiger charge is 2.15. The second-order valence-electron chi connectivity index (χ2n) is 5.57. The summed E-state index contributed by atoms with van der Waals surface area (Å²) in [6.45, 7) is -0.107. The second kappa shape index (κ2) is 6.64. The van der Waals surface area contributed by atoms with Crippen LogP contribution in [0.3, 0.4) is 0 Å². The lowest BCUT2D eigenvalue weighted by molar-refractivity contribution is -0.117. The zero-order chi connectivity index (χ0) is 16.2. The van der Waals surface area contributed by atoms with Crippen LogP contribution in [0.5, 0.6) is 5.75 Å². The van der Waals surface area contributed by atoms with Crippen LogP contribution < -0.4 is 15.6 Å². The summed E-state index contributed by atoms with van der Waals surface area (Å²) in [5.41, 5.74) is 2.29. The van der Waals surface area contributed by atoms with Gasteiger partial charge in [-0.3, -0.25) is 9.59 Å². The summed E-state index contributed by atoms with van der Waals surface area (Å²) in [6, 6.07) is 8.75. The molecule has 2 aromatic rings. The quantitative estimate of drug-likeness (QED) is 0.933. The summed E-state index contributed by atoms with van der Waals surface area (Å²) in [7, 11) is 1.54. The van der Waals surface area contributed by atoms with Gasteiger partial charge in [-0.2, -0.15) is 5.10 Å². The van der Waals surface area contributed by atoms with Crippen molar-refractivity contribution in [3.63, 3.8) is 0 Å². The molecule has 1 aromatic heterocycles. The third kappa shape index (κ3) is 3.41. The molecule has 0 radical (unpaired) electrons. The predicted octanol–water partition coefficient (Wildman–Crippen LogP) is 1.77. The van der Waals surface area contributed by atoms with E-state index in [0.717, 1.165) is 36.9 Å². The van der Waals surface area contributed by atoms with Gasteiger partial charge in [0, 0.05) is 6.07 Å². The molecule has 1 N–H and O–H groups in total. The first kappa shape index (κ1) is 15.3. The highest BCUT2D eigenvalue weighted by atomic mass is 16.5. The molecule has 0 spiro atoms.